The van der Waals surface area contributed by atoms with Crippen molar-refractivity contribution >= 4 is 29.0 Å². The second-order valence-electron chi connectivity index (χ2n) is 7.92. The van der Waals surface area contributed by atoms with Crippen molar-refractivity contribution in [3.05, 3.63) is 51.9 Å². The normalized spacial score (nSPS) is 22.2. The third-order valence-electron chi connectivity index (χ3n) is 5.96. The zero-order chi connectivity index (χ0) is 19.4. The number of fused-ring (bicyclic) bond motifs is 8. The molecule has 0 amide bonds. The van der Waals surface area contributed by atoms with Crippen LogP contribution < -0.4 is 15.8 Å². The van der Waals surface area contributed by atoms with Gasteiger partial charge in [-0.3, -0.25) is 10.3 Å². The number of anilines is 1. The van der Waals surface area contributed by atoms with Crippen molar-refractivity contribution in [3.8, 4) is 5.00 Å². The molecule has 6 rings (SSSR count). The molecule has 3 aromatic rings. The fraction of sp³-hybridized carbons (Fsp3) is 0.429. The lowest BCUT2D eigenvalue weighted by molar-refractivity contribution is 0.558. The average molecular weight is 425 g/mol. The van der Waals surface area contributed by atoms with Crippen molar-refractivity contribution in [3.63, 3.8) is 0 Å². The Kier molecular flexibility index (Phi) is 4.41. The van der Waals surface area contributed by atoms with Crippen LogP contribution >= 0.6 is 23.1 Å². The first-order chi connectivity index (χ1) is 14.3. The van der Waals surface area contributed by atoms with Gasteiger partial charge in [0, 0.05) is 16.2 Å². The first-order valence-electron chi connectivity index (χ1n) is 10.4. The van der Waals surface area contributed by atoms with Crippen LogP contribution in [0.25, 0.3) is 5.00 Å². The summed E-state index contributed by atoms with van der Waals surface area (Å²) in [5, 5.41) is 17.4. The number of hydrogen-bond donors (Lipinski definition) is 2. The number of hydrazine groups is 1. The van der Waals surface area contributed by atoms with Gasteiger partial charge in [0.1, 0.15) is 11.2 Å². The first-order valence-corrected chi connectivity index (χ1v) is 12.2. The van der Waals surface area contributed by atoms with E-state index in [2.05, 4.69) is 67.8 Å². The lowest BCUT2D eigenvalue weighted by Crippen LogP contribution is -2.40. The summed E-state index contributed by atoms with van der Waals surface area (Å²) >= 11 is 3.76. The van der Waals surface area contributed by atoms with Gasteiger partial charge in [-0.15, -0.1) is 21.5 Å². The van der Waals surface area contributed by atoms with E-state index in [1.54, 1.807) is 22.2 Å². The lowest BCUT2D eigenvalue weighted by Gasteiger charge is -2.31. The molecule has 2 unspecified atom stereocenters. The Labute approximate surface area is 178 Å². The molecular formula is C21H24N6S2. The highest BCUT2D eigenvalue weighted by molar-refractivity contribution is 7.99. The van der Waals surface area contributed by atoms with Crippen LogP contribution in [0.15, 0.2) is 35.5 Å². The van der Waals surface area contributed by atoms with E-state index < -0.39 is 0 Å². The van der Waals surface area contributed by atoms with Gasteiger partial charge in [0.25, 0.3) is 0 Å². The Bertz CT molecular complexity index is 1040. The summed E-state index contributed by atoms with van der Waals surface area (Å²) in [4.78, 5) is 1.56. The number of rotatable bonds is 4. The Hall–Kier alpha value is -1.87. The summed E-state index contributed by atoms with van der Waals surface area (Å²) in [6.45, 7) is 2.16. The van der Waals surface area contributed by atoms with E-state index in [1.807, 2.05) is 11.3 Å². The molecule has 1 saturated heterocycles. The molecule has 2 aromatic heterocycles. The van der Waals surface area contributed by atoms with Gasteiger partial charge in [0.15, 0.2) is 5.16 Å². The molecule has 150 valence electrons. The fourth-order valence-electron chi connectivity index (χ4n) is 4.64. The number of benzene rings is 1. The van der Waals surface area contributed by atoms with Crippen LogP contribution in [-0.4, -0.2) is 26.7 Å². The number of aryl methyl sites for hydroxylation is 2. The molecule has 6 nitrogen and oxygen atoms in total. The molecule has 2 aliphatic heterocycles. The van der Waals surface area contributed by atoms with Gasteiger partial charge in [-0.25, -0.2) is 9.99 Å². The molecule has 1 aliphatic carbocycles. The maximum atomic E-state index is 4.59. The summed E-state index contributed by atoms with van der Waals surface area (Å²) < 4.78 is 2.29. The molecule has 0 bridgehead atoms. The molecule has 29 heavy (non-hydrogen) atoms. The minimum Gasteiger partial charge on any atom is -0.276 e. The molecule has 0 spiro atoms. The van der Waals surface area contributed by atoms with Gasteiger partial charge >= 0.3 is 0 Å². The van der Waals surface area contributed by atoms with Gasteiger partial charge in [-0.1, -0.05) is 42.1 Å². The molecule has 2 atom stereocenters. The minimum absolute atomic E-state index is 0.150. The van der Waals surface area contributed by atoms with Gasteiger partial charge in [-0.2, -0.15) is 0 Å². The number of thioether (sulfide) groups is 1. The van der Waals surface area contributed by atoms with E-state index in [-0.39, 0.29) is 12.3 Å². The predicted octanol–water partition coefficient (Wildman–Crippen LogP) is 3.81. The SMILES string of the molecule is CC1NC2c3c(sc4c3CCCC4)-n3c(SCCc4ccccc4)nnc3N2N1. The Morgan fingerprint density at radius 3 is 2.93 bits per heavy atom. The van der Waals surface area contributed by atoms with Gasteiger partial charge in [0.05, 0.1) is 6.17 Å². The Balaban J connectivity index is 1.37. The fourth-order valence-corrected chi connectivity index (χ4v) is 7.03. The molecule has 2 N–H and O–H groups in total. The molecule has 4 heterocycles. The van der Waals surface area contributed by atoms with Crippen LogP contribution in [0.3, 0.4) is 0 Å². The molecule has 0 saturated carbocycles. The van der Waals surface area contributed by atoms with Crippen LogP contribution in [-0.2, 0) is 19.3 Å². The van der Waals surface area contributed by atoms with Crippen molar-refractivity contribution in [1.82, 2.24) is 25.5 Å². The van der Waals surface area contributed by atoms with Crippen LogP contribution in [0, 0.1) is 0 Å². The zero-order valence-corrected chi connectivity index (χ0v) is 18.0. The van der Waals surface area contributed by atoms with Crippen molar-refractivity contribution < 1.29 is 0 Å². The molecule has 1 aromatic carbocycles. The van der Waals surface area contributed by atoms with E-state index >= 15 is 0 Å². The Morgan fingerprint density at radius 2 is 2.03 bits per heavy atom. The third-order valence-corrected chi connectivity index (χ3v) is 8.19. The second kappa shape index (κ2) is 7.12. The topological polar surface area (TPSA) is 58.0 Å². The largest absolute Gasteiger partial charge is 0.276 e. The second-order valence-corrected chi connectivity index (χ2v) is 10.1. The summed E-state index contributed by atoms with van der Waals surface area (Å²) in [5.74, 6) is 1.90. The molecule has 3 aliphatic rings. The summed E-state index contributed by atoms with van der Waals surface area (Å²) in [7, 11) is 0. The summed E-state index contributed by atoms with van der Waals surface area (Å²) in [6, 6.07) is 10.7. The van der Waals surface area contributed by atoms with E-state index in [0.29, 0.717) is 0 Å². The standard InChI is InChI=1S/C21H24N6S2/c1-13-22-18-17-15-9-5-6-10-16(15)29-19(17)26-20(27(18)25-13)23-24-21(26)28-12-11-14-7-3-2-4-8-14/h2-4,7-8,13,18,22,25H,5-6,9-12H2,1H3. The summed E-state index contributed by atoms with van der Waals surface area (Å²) in [5.41, 5.74) is 7.91. The molecule has 1 fully saturated rings. The average Bonchev–Trinajstić information content (AvgIpc) is 3.43. The zero-order valence-electron chi connectivity index (χ0n) is 16.4. The molecule has 0 radical (unpaired) electrons. The third kappa shape index (κ3) is 2.92. The van der Waals surface area contributed by atoms with E-state index in [1.165, 1.54) is 41.8 Å². The van der Waals surface area contributed by atoms with Crippen LogP contribution in [0.1, 0.15) is 47.5 Å². The summed E-state index contributed by atoms with van der Waals surface area (Å²) in [6.07, 6.45) is 6.38. The minimum atomic E-state index is 0.150. The van der Waals surface area contributed by atoms with Crippen molar-refractivity contribution in [2.45, 2.75) is 56.5 Å². The Morgan fingerprint density at radius 1 is 1.17 bits per heavy atom. The monoisotopic (exact) mass is 424 g/mol. The number of nitrogens with one attached hydrogen (secondary N) is 2. The molecule has 8 heteroatoms. The van der Waals surface area contributed by atoms with Crippen molar-refractivity contribution in [2.75, 3.05) is 10.8 Å². The lowest BCUT2D eigenvalue weighted by atomic mass is 9.94. The highest BCUT2D eigenvalue weighted by Gasteiger charge is 2.43. The van der Waals surface area contributed by atoms with Crippen molar-refractivity contribution in [1.29, 1.82) is 0 Å². The van der Waals surface area contributed by atoms with Gasteiger partial charge < -0.3 is 0 Å². The van der Waals surface area contributed by atoms with Crippen LogP contribution in [0.5, 0.6) is 0 Å². The van der Waals surface area contributed by atoms with Crippen molar-refractivity contribution in [2.24, 2.45) is 0 Å². The number of hydrogen-bond acceptors (Lipinski definition) is 7. The number of nitrogens with zero attached hydrogens (tertiary/aromatic N) is 4. The highest BCUT2D eigenvalue weighted by atomic mass is 32.2. The number of thiophene rings is 1. The van der Waals surface area contributed by atoms with E-state index in [9.17, 15) is 0 Å². The van der Waals surface area contributed by atoms with E-state index in [0.717, 1.165) is 23.3 Å². The van der Waals surface area contributed by atoms with Gasteiger partial charge in [0.2, 0.25) is 5.95 Å². The quantitative estimate of drug-likeness (QED) is 0.621. The first kappa shape index (κ1) is 17.9. The van der Waals surface area contributed by atoms with Crippen LogP contribution in [0.2, 0.25) is 0 Å². The van der Waals surface area contributed by atoms with E-state index in [4.69, 9.17) is 0 Å². The maximum absolute atomic E-state index is 4.59. The van der Waals surface area contributed by atoms with Gasteiger partial charge in [-0.05, 0) is 50.2 Å². The smallest absolute Gasteiger partial charge is 0.249 e. The highest BCUT2D eigenvalue weighted by Crippen LogP contribution is 2.48. The molecular weight excluding hydrogens is 400 g/mol. The van der Waals surface area contributed by atoms with Crippen LogP contribution in [0.4, 0.5) is 5.95 Å². The maximum Gasteiger partial charge on any atom is 0.249 e. The number of aromatic nitrogens is 3. The predicted molar refractivity (Wildman–Crippen MR) is 118 cm³/mol.